The van der Waals surface area contributed by atoms with Gasteiger partial charge in [0.15, 0.2) is 0 Å². The normalized spacial score (nSPS) is 15.7. The van der Waals surface area contributed by atoms with Gasteiger partial charge in [0.25, 0.3) is 0 Å². The lowest BCUT2D eigenvalue weighted by Crippen LogP contribution is -2.14. The second-order valence-electron chi connectivity index (χ2n) is 12.7. The van der Waals surface area contributed by atoms with E-state index in [0.717, 1.165) is 23.5 Å². The molecule has 1 fully saturated rings. The molecule has 1 aliphatic rings. The molecule has 0 bridgehead atoms. The van der Waals surface area contributed by atoms with Crippen LogP contribution in [0.1, 0.15) is 82.3 Å². The molecule has 0 aromatic heterocycles. The molecule has 8 nitrogen and oxygen atoms in total. The third-order valence-electron chi connectivity index (χ3n) is 9.25. The van der Waals surface area contributed by atoms with Crippen LogP contribution < -0.4 is 9.47 Å². The Bertz CT molecular complexity index is 1510. The summed E-state index contributed by atoms with van der Waals surface area (Å²) < 4.78 is 21.5. The maximum atomic E-state index is 11.9. The van der Waals surface area contributed by atoms with Gasteiger partial charge in [0.05, 0.1) is 24.4 Å². The van der Waals surface area contributed by atoms with Crippen LogP contribution in [0.3, 0.4) is 0 Å². The Hall–Kier alpha value is -4.40. The summed E-state index contributed by atoms with van der Waals surface area (Å²) in [6, 6.07) is 20.6. The summed E-state index contributed by atoms with van der Waals surface area (Å²) in [6.07, 6.45) is 11.4. The van der Waals surface area contributed by atoms with Crippen molar-refractivity contribution in [2.75, 3.05) is 26.8 Å². The van der Waals surface area contributed by atoms with E-state index < -0.39 is 38.7 Å². The Labute approximate surface area is 290 Å². The van der Waals surface area contributed by atoms with Gasteiger partial charge in [0.1, 0.15) is 11.5 Å². The number of rotatable bonds is 18. The molecule has 0 atom stereocenters. The van der Waals surface area contributed by atoms with E-state index in [1.165, 1.54) is 73.6 Å². The number of aryl methyl sites for hydroxylation is 1. The van der Waals surface area contributed by atoms with Crippen molar-refractivity contribution in [3.8, 4) is 33.8 Å². The summed E-state index contributed by atoms with van der Waals surface area (Å²) in [5, 5.41) is 18.2. The van der Waals surface area contributed by atoms with Crippen LogP contribution in [0.15, 0.2) is 85.0 Å². The monoisotopic (exact) mass is 670 g/mol. The Morgan fingerprint density at radius 1 is 0.714 bits per heavy atom. The van der Waals surface area contributed by atoms with Crippen LogP contribution in [-0.4, -0.2) is 49.0 Å². The zero-order valence-electron chi connectivity index (χ0n) is 28.9. The lowest BCUT2D eigenvalue weighted by Gasteiger charge is -2.29. The molecular formula is C41H50O8. The van der Waals surface area contributed by atoms with Gasteiger partial charge in [-0.15, -0.1) is 0 Å². The Morgan fingerprint density at radius 2 is 1.29 bits per heavy atom. The highest BCUT2D eigenvalue weighted by Crippen LogP contribution is 2.39. The minimum Gasteiger partial charge on any atom is -0.457 e. The zero-order chi connectivity index (χ0) is 35.2. The van der Waals surface area contributed by atoms with E-state index in [2.05, 4.69) is 63.4 Å². The van der Waals surface area contributed by atoms with Crippen molar-refractivity contribution in [2.45, 2.75) is 77.6 Å². The number of aliphatic hydroxyl groups is 2. The Morgan fingerprint density at radius 3 is 1.82 bits per heavy atom. The van der Waals surface area contributed by atoms with E-state index in [4.69, 9.17) is 29.2 Å². The number of carbonyl (C=O) groups is 2. The van der Waals surface area contributed by atoms with Crippen LogP contribution in [0.2, 0.25) is 0 Å². The van der Waals surface area contributed by atoms with Gasteiger partial charge in [0, 0.05) is 6.07 Å². The van der Waals surface area contributed by atoms with Crippen LogP contribution in [0.25, 0.3) is 22.3 Å². The number of unbranched alkanes of at least 4 members (excludes halogenated alkanes) is 2. The molecule has 0 saturated heterocycles. The highest BCUT2D eigenvalue weighted by Gasteiger charge is 2.22. The molecule has 262 valence electrons. The number of benzene rings is 3. The minimum atomic E-state index is -0.771. The van der Waals surface area contributed by atoms with Gasteiger partial charge in [0.2, 0.25) is 13.6 Å². The van der Waals surface area contributed by atoms with Crippen LogP contribution in [0, 0.1) is 5.92 Å². The van der Waals surface area contributed by atoms with Crippen molar-refractivity contribution in [2.24, 2.45) is 5.92 Å². The molecule has 8 heteroatoms. The van der Waals surface area contributed by atoms with Gasteiger partial charge >= 0.3 is 11.9 Å². The van der Waals surface area contributed by atoms with E-state index in [9.17, 15) is 9.59 Å². The maximum Gasteiger partial charge on any atom is 0.338 e. The molecule has 0 aliphatic heterocycles. The molecule has 49 heavy (non-hydrogen) atoms. The van der Waals surface area contributed by atoms with Crippen molar-refractivity contribution in [3.05, 3.63) is 96.1 Å². The van der Waals surface area contributed by atoms with Gasteiger partial charge in [-0.1, -0.05) is 95.2 Å². The molecule has 0 radical (unpaired) electrons. The van der Waals surface area contributed by atoms with Crippen molar-refractivity contribution < 1.29 is 38.7 Å². The highest BCUT2D eigenvalue weighted by atomic mass is 16.7. The van der Waals surface area contributed by atoms with E-state index in [0.29, 0.717) is 17.4 Å². The minimum absolute atomic E-state index is 0.0882. The van der Waals surface area contributed by atoms with E-state index in [1.807, 2.05) is 6.07 Å². The number of hydrogen-bond donors (Lipinski definition) is 2. The van der Waals surface area contributed by atoms with Gasteiger partial charge < -0.3 is 29.2 Å². The predicted octanol–water partition coefficient (Wildman–Crippen LogP) is 8.29. The fraction of sp³-hybridized carbons (Fsp3) is 0.415. The summed E-state index contributed by atoms with van der Waals surface area (Å²) in [7, 11) is 0. The summed E-state index contributed by atoms with van der Waals surface area (Å²) >= 11 is 0. The fourth-order valence-corrected chi connectivity index (χ4v) is 6.29. The van der Waals surface area contributed by atoms with Crippen LogP contribution in [-0.2, 0) is 25.5 Å². The number of ether oxygens (including phenoxy) is 4. The zero-order valence-corrected chi connectivity index (χ0v) is 28.9. The smallest absolute Gasteiger partial charge is 0.338 e. The van der Waals surface area contributed by atoms with Gasteiger partial charge in [-0.3, -0.25) is 0 Å². The number of carbonyl (C=O) groups excluding carboxylic acids is 2. The topological polar surface area (TPSA) is 112 Å². The van der Waals surface area contributed by atoms with Crippen molar-refractivity contribution in [1.82, 2.24) is 0 Å². The first-order chi connectivity index (χ1) is 23.8. The second kappa shape index (κ2) is 19.0. The number of aliphatic hydroxyl groups excluding tert-OH is 2. The molecule has 3 aromatic carbocycles. The van der Waals surface area contributed by atoms with Crippen LogP contribution in [0.4, 0.5) is 0 Å². The predicted molar refractivity (Wildman–Crippen MR) is 191 cm³/mol. The summed E-state index contributed by atoms with van der Waals surface area (Å²) in [4.78, 5) is 23.8. The number of esters is 2. The quantitative estimate of drug-likeness (QED) is 0.0602. The first kappa shape index (κ1) is 37.4. The Balaban J connectivity index is 1.50. The molecule has 1 saturated carbocycles. The summed E-state index contributed by atoms with van der Waals surface area (Å²) in [5.41, 5.74) is 6.48. The first-order valence-electron chi connectivity index (χ1n) is 17.3. The third kappa shape index (κ3) is 10.8. The molecule has 1 aliphatic carbocycles. The average Bonchev–Trinajstić information content (AvgIpc) is 3.14. The van der Waals surface area contributed by atoms with Crippen molar-refractivity contribution in [1.29, 1.82) is 0 Å². The second-order valence-corrected chi connectivity index (χ2v) is 12.7. The molecule has 0 spiro atoms. The fourth-order valence-electron chi connectivity index (χ4n) is 6.29. The average molecular weight is 671 g/mol. The molecule has 0 amide bonds. The lowest BCUT2D eigenvalue weighted by atomic mass is 9.77. The maximum absolute atomic E-state index is 11.9. The first-order valence-corrected chi connectivity index (χ1v) is 17.3. The summed E-state index contributed by atoms with van der Waals surface area (Å²) in [6.45, 7) is 9.44. The summed E-state index contributed by atoms with van der Waals surface area (Å²) in [5.74, 6) is 0.680. The van der Waals surface area contributed by atoms with Crippen LogP contribution in [0.5, 0.6) is 11.5 Å². The standard InChI is InChI=1S/C41H50O8/c1-5-7-8-9-30-10-12-32(13-11-30)33-14-16-34(17-15-33)39-19-18-35(20-31(39)6-2)36-21-37(46-26-48-40(44)28(3)24-42)23-38(22-36)47-27-49-41(45)29(4)25-43/h14-23,30,32,42-43H,3-13,24-27H2,1-2H3. The van der Waals surface area contributed by atoms with Gasteiger partial charge in [-0.05, 0) is 89.5 Å². The molecule has 0 heterocycles. The van der Waals surface area contributed by atoms with E-state index in [-0.39, 0.29) is 11.1 Å². The molecule has 0 unspecified atom stereocenters. The number of hydrogen-bond acceptors (Lipinski definition) is 8. The third-order valence-corrected chi connectivity index (χ3v) is 9.25. The van der Waals surface area contributed by atoms with Gasteiger partial charge in [-0.2, -0.15) is 0 Å². The highest BCUT2D eigenvalue weighted by molar-refractivity contribution is 5.88. The van der Waals surface area contributed by atoms with Crippen molar-refractivity contribution in [3.63, 3.8) is 0 Å². The molecular weight excluding hydrogens is 620 g/mol. The Kier molecular flexibility index (Phi) is 14.5. The lowest BCUT2D eigenvalue weighted by molar-refractivity contribution is -0.146. The van der Waals surface area contributed by atoms with E-state index in [1.54, 1.807) is 18.2 Å². The molecule has 2 N–H and O–H groups in total. The van der Waals surface area contributed by atoms with Crippen molar-refractivity contribution >= 4 is 11.9 Å². The van der Waals surface area contributed by atoms with E-state index >= 15 is 0 Å². The molecule has 4 rings (SSSR count). The van der Waals surface area contributed by atoms with Gasteiger partial charge in [-0.25, -0.2) is 9.59 Å². The van der Waals surface area contributed by atoms with Crippen LogP contribution >= 0.6 is 0 Å². The largest absolute Gasteiger partial charge is 0.457 e. The molecule has 3 aromatic rings. The SMILES string of the molecule is C=C(CO)C(=O)OCOc1cc(OCOC(=O)C(=C)CO)cc(-c2ccc(-c3ccc(C4CCC(CCCCC)CC4)cc3)c(CC)c2)c1.